The minimum absolute atomic E-state index is 0.173. The first kappa shape index (κ1) is 18.0. The van der Waals surface area contributed by atoms with Crippen molar-refractivity contribution in [2.75, 3.05) is 13.2 Å². The second kappa shape index (κ2) is 9.06. The molecule has 0 saturated heterocycles. The van der Waals surface area contributed by atoms with Crippen LogP contribution in [0.1, 0.15) is 37.8 Å². The summed E-state index contributed by atoms with van der Waals surface area (Å²) in [6, 6.07) is 12.2. The van der Waals surface area contributed by atoms with E-state index in [4.69, 9.17) is 9.47 Å². The average Bonchev–Trinajstić information content (AvgIpc) is 2.59. The summed E-state index contributed by atoms with van der Waals surface area (Å²) in [6.45, 7) is 4.44. The molecule has 0 aromatic heterocycles. The molecule has 128 valence electrons. The number of carbonyl (C=O) groups excluding carboxylic acids is 2. The maximum Gasteiger partial charge on any atom is 0.306 e. The molecule has 0 N–H and O–H groups in total. The Hall–Kier alpha value is -2.36. The lowest BCUT2D eigenvalue weighted by atomic mass is 9.95. The zero-order valence-corrected chi connectivity index (χ0v) is 14.3. The minimum Gasteiger partial charge on any atom is -0.466 e. The summed E-state index contributed by atoms with van der Waals surface area (Å²) >= 11 is 0. The monoisotopic (exact) mass is 328 g/mol. The number of esters is 2. The largest absolute Gasteiger partial charge is 0.466 e. The van der Waals surface area contributed by atoms with E-state index < -0.39 is 0 Å². The van der Waals surface area contributed by atoms with Crippen LogP contribution in [0.15, 0.2) is 36.4 Å². The number of fused-ring (bicyclic) bond motifs is 1. The van der Waals surface area contributed by atoms with Gasteiger partial charge in [-0.15, -0.1) is 0 Å². The third-order valence-corrected chi connectivity index (χ3v) is 3.91. The van der Waals surface area contributed by atoms with Crippen LogP contribution < -0.4 is 0 Å². The van der Waals surface area contributed by atoms with E-state index in [-0.39, 0.29) is 11.9 Å². The molecule has 24 heavy (non-hydrogen) atoms. The Bertz CT molecular complexity index is 645. The summed E-state index contributed by atoms with van der Waals surface area (Å²) in [6.07, 6.45) is 2.05. The van der Waals surface area contributed by atoms with Gasteiger partial charge in [-0.25, -0.2) is 0 Å². The topological polar surface area (TPSA) is 52.6 Å². The Morgan fingerprint density at radius 3 is 1.54 bits per heavy atom. The molecule has 2 rings (SSSR count). The number of hydrogen-bond donors (Lipinski definition) is 0. The maximum absolute atomic E-state index is 11.6. The Labute approximate surface area is 142 Å². The molecule has 4 nitrogen and oxygen atoms in total. The van der Waals surface area contributed by atoms with Crippen LogP contribution in [-0.4, -0.2) is 25.2 Å². The summed E-state index contributed by atoms with van der Waals surface area (Å²) in [5.41, 5.74) is 2.25. The summed E-state index contributed by atoms with van der Waals surface area (Å²) < 4.78 is 9.99. The number of carbonyl (C=O) groups is 2. The van der Waals surface area contributed by atoms with E-state index in [1.165, 1.54) is 0 Å². The van der Waals surface area contributed by atoms with E-state index >= 15 is 0 Å². The third kappa shape index (κ3) is 4.82. The van der Waals surface area contributed by atoms with Crippen molar-refractivity contribution in [3.63, 3.8) is 0 Å². The van der Waals surface area contributed by atoms with Crippen molar-refractivity contribution in [3.8, 4) is 0 Å². The fourth-order valence-electron chi connectivity index (χ4n) is 2.80. The smallest absolute Gasteiger partial charge is 0.306 e. The molecule has 0 unspecified atom stereocenters. The van der Waals surface area contributed by atoms with Crippen molar-refractivity contribution in [1.82, 2.24) is 0 Å². The van der Waals surface area contributed by atoms with E-state index in [0.29, 0.717) is 38.9 Å². The van der Waals surface area contributed by atoms with E-state index in [9.17, 15) is 9.59 Å². The number of ether oxygens (including phenoxy) is 2. The predicted octanol–water partition coefficient (Wildman–Crippen LogP) is 3.83. The molecule has 2 aromatic carbocycles. The van der Waals surface area contributed by atoms with Gasteiger partial charge in [0.1, 0.15) is 0 Å². The lowest BCUT2D eigenvalue weighted by Crippen LogP contribution is -2.06. The van der Waals surface area contributed by atoms with Crippen molar-refractivity contribution in [2.45, 2.75) is 39.5 Å². The summed E-state index contributed by atoms with van der Waals surface area (Å²) in [7, 11) is 0. The van der Waals surface area contributed by atoms with E-state index in [0.717, 1.165) is 21.9 Å². The van der Waals surface area contributed by atoms with Gasteiger partial charge in [-0.2, -0.15) is 0 Å². The van der Waals surface area contributed by atoms with Crippen molar-refractivity contribution in [1.29, 1.82) is 0 Å². The summed E-state index contributed by atoms with van der Waals surface area (Å²) in [5, 5.41) is 2.26. The van der Waals surface area contributed by atoms with Crippen molar-refractivity contribution in [3.05, 3.63) is 47.5 Å². The summed E-state index contributed by atoms with van der Waals surface area (Å²) in [4.78, 5) is 23.2. The standard InChI is InChI=1S/C20H24O4/c1-3-23-19(21)13-11-15-9-10-16(12-14-20(22)24-4-2)18-8-6-5-7-17(15)18/h5-10H,3-4,11-14H2,1-2H3. The lowest BCUT2D eigenvalue weighted by molar-refractivity contribution is -0.144. The van der Waals surface area contributed by atoms with E-state index in [1.54, 1.807) is 0 Å². The quantitative estimate of drug-likeness (QED) is 0.691. The van der Waals surface area contributed by atoms with Crippen LogP contribution in [0.2, 0.25) is 0 Å². The van der Waals surface area contributed by atoms with E-state index in [1.807, 2.05) is 38.1 Å². The first-order valence-electron chi connectivity index (χ1n) is 8.46. The number of hydrogen-bond acceptors (Lipinski definition) is 4. The van der Waals surface area contributed by atoms with Gasteiger partial charge in [0, 0.05) is 12.8 Å². The molecule has 0 fully saturated rings. The predicted molar refractivity (Wildman–Crippen MR) is 93.9 cm³/mol. The SMILES string of the molecule is CCOC(=O)CCc1ccc(CCC(=O)OCC)c2ccccc12. The van der Waals surface area contributed by atoms with Crippen LogP contribution in [0.25, 0.3) is 10.8 Å². The fraction of sp³-hybridized carbons (Fsp3) is 0.400. The third-order valence-electron chi connectivity index (χ3n) is 3.91. The van der Waals surface area contributed by atoms with E-state index in [2.05, 4.69) is 12.1 Å². The van der Waals surface area contributed by atoms with Gasteiger partial charge in [0.2, 0.25) is 0 Å². The summed E-state index contributed by atoms with van der Waals surface area (Å²) in [5.74, 6) is -0.346. The highest BCUT2D eigenvalue weighted by molar-refractivity contribution is 5.89. The van der Waals surface area contributed by atoms with Crippen LogP contribution in [0.4, 0.5) is 0 Å². The average molecular weight is 328 g/mol. The Balaban J connectivity index is 2.16. The molecular formula is C20H24O4. The molecule has 0 aliphatic carbocycles. The molecule has 0 heterocycles. The van der Waals surface area contributed by atoms with Gasteiger partial charge in [-0.3, -0.25) is 9.59 Å². The molecule has 0 atom stereocenters. The maximum atomic E-state index is 11.6. The van der Waals surface area contributed by atoms with Crippen LogP contribution in [0.5, 0.6) is 0 Å². The lowest BCUT2D eigenvalue weighted by Gasteiger charge is -2.11. The van der Waals surface area contributed by atoms with Gasteiger partial charge in [0.05, 0.1) is 13.2 Å². The van der Waals surface area contributed by atoms with Crippen LogP contribution in [-0.2, 0) is 31.9 Å². The molecule has 4 heteroatoms. The second-order valence-electron chi connectivity index (χ2n) is 5.54. The highest BCUT2D eigenvalue weighted by Gasteiger charge is 2.10. The van der Waals surface area contributed by atoms with Crippen LogP contribution in [0.3, 0.4) is 0 Å². The Morgan fingerprint density at radius 1 is 0.750 bits per heavy atom. The van der Waals surface area contributed by atoms with Gasteiger partial charge in [-0.1, -0.05) is 36.4 Å². The van der Waals surface area contributed by atoms with Crippen molar-refractivity contribution >= 4 is 22.7 Å². The van der Waals surface area contributed by atoms with Gasteiger partial charge >= 0.3 is 11.9 Å². The fourth-order valence-corrected chi connectivity index (χ4v) is 2.80. The zero-order valence-electron chi connectivity index (χ0n) is 14.3. The molecule has 0 amide bonds. The van der Waals surface area contributed by atoms with Gasteiger partial charge in [0.15, 0.2) is 0 Å². The Kier molecular flexibility index (Phi) is 6.79. The molecule has 0 aliphatic heterocycles. The van der Waals surface area contributed by atoms with Gasteiger partial charge in [0.25, 0.3) is 0 Å². The number of benzene rings is 2. The van der Waals surface area contributed by atoms with Crippen LogP contribution >= 0.6 is 0 Å². The molecule has 0 aliphatic rings. The second-order valence-corrected chi connectivity index (χ2v) is 5.54. The molecule has 2 aromatic rings. The number of rotatable bonds is 8. The first-order valence-corrected chi connectivity index (χ1v) is 8.46. The Morgan fingerprint density at radius 2 is 1.17 bits per heavy atom. The van der Waals surface area contributed by atoms with Crippen LogP contribution in [0, 0.1) is 0 Å². The highest BCUT2D eigenvalue weighted by Crippen LogP contribution is 2.25. The normalized spacial score (nSPS) is 10.6. The van der Waals surface area contributed by atoms with Gasteiger partial charge in [-0.05, 0) is 48.6 Å². The molecule has 0 spiro atoms. The highest BCUT2D eigenvalue weighted by atomic mass is 16.5. The molecule has 0 radical (unpaired) electrons. The van der Waals surface area contributed by atoms with Gasteiger partial charge < -0.3 is 9.47 Å². The van der Waals surface area contributed by atoms with Crippen molar-refractivity contribution in [2.24, 2.45) is 0 Å². The minimum atomic E-state index is -0.173. The molecular weight excluding hydrogens is 304 g/mol. The molecule has 0 saturated carbocycles. The molecule has 0 bridgehead atoms. The first-order chi connectivity index (χ1) is 11.7. The number of aryl methyl sites for hydroxylation is 2. The zero-order chi connectivity index (χ0) is 17.4. The van der Waals surface area contributed by atoms with Crippen molar-refractivity contribution < 1.29 is 19.1 Å².